The molecule has 61 heavy (non-hydrogen) atoms. The van der Waals surface area contributed by atoms with Gasteiger partial charge in [-0.3, -0.25) is 19.2 Å². The van der Waals surface area contributed by atoms with Crippen LogP contribution in [-0.4, -0.2) is 69.4 Å². The van der Waals surface area contributed by atoms with Gasteiger partial charge in [-0.15, -0.1) is 0 Å². The average molecular weight is 827 g/mol. The van der Waals surface area contributed by atoms with Crippen LogP contribution in [0.3, 0.4) is 0 Å². The van der Waals surface area contributed by atoms with E-state index in [9.17, 15) is 19.2 Å². The van der Waals surface area contributed by atoms with Crippen LogP contribution in [0.15, 0.2) is 122 Å². The van der Waals surface area contributed by atoms with Crippen molar-refractivity contribution >= 4 is 67.5 Å². The van der Waals surface area contributed by atoms with Crippen molar-refractivity contribution in [2.75, 3.05) is 21.3 Å². The second-order valence-corrected chi connectivity index (χ2v) is 15.6. The molecule has 0 unspecified atom stereocenters. The van der Waals surface area contributed by atoms with Crippen molar-refractivity contribution in [3.8, 4) is 0 Å². The number of aliphatic carboxylic acids is 1. The fourth-order valence-corrected chi connectivity index (χ4v) is 7.36. The first-order valence-electron chi connectivity index (χ1n) is 19.7. The summed E-state index contributed by atoms with van der Waals surface area (Å²) in [6.45, 7) is 7.56. The second-order valence-electron chi connectivity index (χ2n) is 15.6. The predicted molar refractivity (Wildman–Crippen MR) is 240 cm³/mol. The lowest BCUT2D eigenvalue weighted by Gasteiger charge is -2.20. The average Bonchev–Trinajstić information content (AvgIpc) is 4.05. The molecule has 4 heterocycles. The summed E-state index contributed by atoms with van der Waals surface area (Å²) >= 11 is 0. The van der Waals surface area contributed by atoms with Gasteiger partial charge in [-0.1, -0.05) is 72.8 Å². The van der Waals surface area contributed by atoms with Crippen LogP contribution in [0, 0.1) is 0 Å². The molecule has 3 N–H and O–H groups in total. The minimum Gasteiger partial charge on any atom is -0.481 e. The minimum atomic E-state index is -0.801. The first-order chi connectivity index (χ1) is 29.0. The van der Waals surface area contributed by atoms with Gasteiger partial charge in [0.25, 0.3) is 0 Å². The third-order valence-electron chi connectivity index (χ3n) is 10.8. The Morgan fingerprint density at radius 2 is 0.902 bits per heavy atom. The topological polar surface area (TPSA) is 158 Å². The molecule has 8 aromatic rings. The van der Waals surface area contributed by atoms with Gasteiger partial charge in [0, 0.05) is 82.5 Å². The normalized spacial score (nSPS) is 11.2. The molecule has 0 fully saturated rings. The molecular weight excluding hydrogens is 773 g/mol. The SMILES string of the molecule is COC(=O)C(C)(C)c1cn(C)c2ccccc12.COC(=O)C(C)(C)c1cn(C)c2ccccc12.COC(=O)Cc1c[nH]c2ccccc12.O=C(O)Cc1c[nH]c2ccccc12. The Labute approximate surface area is 355 Å². The number of nitrogens with zero attached hydrogens (tertiary/aromatic N) is 2. The van der Waals surface area contributed by atoms with Crippen molar-refractivity contribution in [1.82, 2.24) is 19.1 Å². The van der Waals surface area contributed by atoms with Crippen LogP contribution in [0.1, 0.15) is 49.9 Å². The highest BCUT2D eigenvalue weighted by Gasteiger charge is 2.34. The Kier molecular flexibility index (Phi) is 14.3. The molecule has 0 atom stereocenters. The van der Waals surface area contributed by atoms with E-state index in [4.69, 9.17) is 14.6 Å². The Morgan fingerprint density at radius 3 is 1.28 bits per heavy atom. The van der Waals surface area contributed by atoms with E-state index in [0.29, 0.717) is 6.42 Å². The Bertz CT molecular complexity index is 2700. The number of hydrogen-bond acceptors (Lipinski definition) is 7. The number of rotatable bonds is 8. The zero-order chi connectivity index (χ0) is 44.5. The zero-order valence-electron chi connectivity index (χ0n) is 36.2. The van der Waals surface area contributed by atoms with Crippen molar-refractivity contribution in [3.63, 3.8) is 0 Å². The molecule has 0 saturated carbocycles. The highest BCUT2D eigenvalue weighted by Crippen LogP contribution is 2.34. The number of aromatic nitrogens is 4. The molecule has 0 spiro atoms. The van der Waals surface area contributed by atoms with E-state index in [1.165, 1.54) is 21.3 Å². The number of H-pyrrole nitrogens is 2. The smallest absolute Gasteiger partial charge is 0.315 e. The maximum absolute atomic E-state index is 11.9. The van der Waals surface area contributed by atoms with Crippen molar-refractivity contribution in [2.45, 2.75) is 51.4 Å². The van der Waals surface area contributed by atoms with Crippen LogP contribution in [0.5, 0.6) is 0 Å². The fourth-order valence-electron chi connectivity index (χ4n) is 7.36. The van der Waals surface area contributed by atoms with E-state index in [-0.39, 0.29) is 24.3 Å². The van der Waals surface area contributed by atoms with Gasteiger partial charge in [0.2, 0.25) is 0 Å². The molecule has 0 bridgehead atoms. The monoisotopic (exact) mass is 826 g/mol. The zero-order valence-corrected chi connectivity index (χ0v) is 36.2. The van der Waals surface area contributed by atoms with E-state index < -0.39 is 16.8 Å². The van der Waals surface area contributed by atoms with Gasteiger partial charge < -0.3 is 38.4 Å². The summed E-state index contributed by atoms with van der Waals surface area (Å²) in [4.78, 5) is 51.4. The van der Waals surface area contributed by atoms with Gasteiger partial charge in [0.15, 0.2) is 0 Å². The summed E-state index contributed by atoms with van der Waals surface area (Å²) in [5, 5.41) is 12.9. The first-order valence-corrected chi connectivity index (χ1v) is 19.7. The Morgan fingerprint density at radius 1 is 0.541 bits per heavy atom. The number of methoxy groups -OCH3 is 3. The number of carbonyl (C=O) groups excluding carboxylic acids is 3. The van der Waals surface area contributed by atoms with Crippen LogP contribution >= 0.6 is 0 Å². The van der Waals surface area contributed by atoms with Gasteiger partial charge in [-0.25, -0.2) is 0 Å². The van der Waals surface area contributed by atoms with Crippen LogP contribution in [-0.2, 0) is 71.2 Å². The van der Waals surface area contributed by atoms with Crippen LogP contribution in [0.2, 0.25) is 0 Å². The van der Waals surface area contributed by atoms with Crippen molar-refractivity contribution in [1.29, 1.82) is 0 Å². The van der Waals surface area contributed by atoms with E-state index >= 15 is 0 Å². The molecule has 0 aliphatic rings. The standard InChI is InChI=1S/2C14H17NO2.C11H11NO2.C10H9NO2/c2*1-14(2,13(16)17-4)11-9-15(3)12-8-6-5-7-10(11)12;1-14-11(13)6-8-7-12-10-5-3-2-4-9(8)10;12-10(13)5-7-6-11-9-4-2-1-3-8(7)9/h2*5-9H,1-4H3;2-5,7,12H,6H2,1H3;1-4,6,11H,5H2,(H,12,13). The Balaban J connectivity index is 0.000000155. The molecular formula is C49H54N4O8. The lowest BCUT2D eigenvalue weighted by molar-refractivity contribution is -0.147. The predicted octanol–water partition coefficient (Wildman–Crippen LogP) is 8.94. The van der Waals surface area contributed by atoms with Crippen molar-refractivity contribution < 1.29 is 38.5 Å². The number of carbonyl (C=O) groups is 4. The summed E-state index contributed by atoms with van der Waals surface area (Å²) in [6.07, 6.45) is 7.99. The maximum Gasteiger partial charge on any atom is 0.315 e. The van der Waals surface area contributed by atoms with E-state index in [1.54, 1.807) is 6.20 Å². The number of nitrogens with one attached hydrogen (secondary N) is 2. The number of para-hydroxylation sites is 4. The van der Waals surface area contributed by atoms with Crippen LogP contribution < -0.4 is 0 Å². The molecule has 12 nitrogen and oxygen atoms in total. The largest absolute Gasteiger partial charge is 0.481 e. The molecule has 8 rings (SSSR count). The number of fused-ring (bicyclic) bond motifs is 4. The number of benzene rings is 4. The summed E-state index contributed by atoms with van der Waals surface area (Å²) in [7, 11) is 8.22. The quantitative estimate of drug-likeness (QED) is 0.101. The number of ether oxygens (including phenoxy) is 3. The lowest BCUT2D eigenvalue weighted by Crippen LogP contribution is -2.29. The van der Waals surface area contributed by atoms with Gasteiger partial charge in [0.05, 0.1) is 45.0 Å². The third-order valence-corrected chi connectivity index (χ3v) is 10.8. The third kappa shape index (κ3) is 10.0. The first kappa shape index (κ1) is 45.0. The summed E-state index contributed by atoms with van der Waals surface area (Å²) in [5.74, 6) is -1.44. The number of aryl methyl sites for hydroxylation is 2. The van der Waals surface area contributed by atoms with Gasteiger partial charge in [-0.2, -0.15) is 0 Å². The Hall–Kier alpha value is -7.08. The maximum atomic E-state index is 11.9. The molecule has 0 aliphatic carbocycles. The molecule has 0 aliphatic heterocycles. The van der Waals surface area contributed by atoms with Gasteiger partial charge in [-0.05, 0) is 74.2 Å². The molecule has 0 saturated heterocycles. The summed E-state index contributed by atoms with van der Waals surface area (Å²) in [5.41, 5.74) is 6.84. The molecule has 4 aromatic heterocycles. The summed E-state index contributed by atoms with van der Waals surface area (Å²) < 4.78 is 18.5. The van der Waals surface area contributed by atoms with E-state index in [1.807, 2.05) is 167 Å². The van der Waals surface area contributed by atoms with Crippen molar-refractivity contribution in [2.24, 2.45) is 14.1 Å². The molecule has 318 valence electrons. The van der Waals surface area contributed by atoms with Crippen LogP contribution in [0.4, 0.5) is 0 Å². The number of esters is 3. The molecule has 0 amide bonds. The fraction of sp³-hybridized carbons (Fsp3) is 0.265. The molecule has 4 aromatic carbocycles. The molecule has 0 radical (unpaired) electrons. The van der Waals surface area contributed by atoms with Crippen LogP contribution in [0.25, 0.3) is 43.6 Å². The molecule has 12 heteroatoms. The number of hydrogen-bond donors (Lipinski definition) is 3. The highest BCUT2D eigenvalue weighted by molar-refractivity contribution is 5.94. The van der Waals surface area contributed by atoms with Crippen molar-refractivity contribution in [3.05, 3.63) is 144 Å². The number of carboxylic acids is 1. The van der Waals surface area contributed by atoms with Gasteiger partial charge in [0.1, 0.15) is 0 Å². The summed E-state index contributed by atoms with van der Waals surface area (Å²) in [6, 6.07) is 31.7. The van der Waals surface area contributed by atoms with E-state index in [0.717, 1.165) is 65.9 Å². The lowest BCUT2D eigenvalue weighted by atomic mass is 9.84. The minimum absolute atomic E-state index is 0.0734. The van der Waals surface area contributed by atoms with E-state index in [2.05, 4.69) is 14.7 Å². The van der Waals surface area contributed by atoms with Gasteiger partial charge >= 0.3 is 23.9 Å². The highest BCUT2D eigenvalue weighted by atomic mass is 16.5. The second kappa shape index (κ2) is 19.3. The number of aromatic amines is 2. The number of carboxylic acid groups (broad SMARTS) is 1.